The van der Waals surface area contributed by atoms with Crippen LogP contribution in [0.3, 0.4) is 0 Å². The molecule has 0 aliphatic rings. The fourth-order valence-corrected chi connectivity index (χ4v) is 4.04. The van der Waals surface area contributed by atoms with E-state index in [1.807, 2.05) is 19.1 Å². The smallest absolute Gasteiger partial charge is 0.158 e. The van der Waals surface area contributed by atoms with Crippen LogP contribution in [0.4, 0.5) is 5.82 Å². The molecule has 0 unspecified atom stereocenters. The van der Waals surface area contributed by atoms with Crippen LogP contribution in [-0.4, -0.2) is 22.8 Å². The Morgan fingerprint density at radius 1 is 1.07 bits per heavy atom. The zero-order chi connectivity index (χ0) is 19.0. The summed E-state index contributed by atoms with van der Waals surface area (Å²) in [4.78, 5) is 11.0. The third kappa shape index (κ3) is 3.24. The Bertz CT molecular complexity index is 1180. The summed E-state index contributed by atoms with van der Waals surface area (Å²) < 4.78 is 5.29. The molecule has 6 heteroatoms. The van der Waals surface area contributed by atoms with Gasteiger partial charge in [0, 0.05) is 4.88 Å². The normalized spacial score (nSPS) is 11.9. The van der Waals surface area contributed by atoms with Crippen molar-refractivity contribution in [2.75, 3.05) is 12.5 Å². The largest absolute Gasteiger partial charge is 0.497 e. The molecule has 0 atom stereocenters. The summed E-state index contributed by atoms with van der Waals surface area (Å²) in [5, 5.41) is 7.89. The number of hydrogen-bond donors (Lipinski definition) is 1. The fourth-order valence-electron chi connectivity index (χ4n) is 3.04. The number of rotatable bonds is 4. The van der Waals surface area contributed by atoms with Gasteiger partial charge in [-0.15, -0.1) is 11.3 Å². The first-order valence-corrected chi connectivity index (χ1v) is 9.47. The summed E-state index contributed by atoms with van der Waals surface area (Å²) in [6, 6.07) is 12.3. The van der Waals surface area contributed by atoms with Crippen molar-refractivity contribution in [2.24, 2.45) is 5.10 Å². The van der Waals surface area contributed by atoms with Gasteiger partial charge in [0.15, 0.2) is 5.82 Å². The lowest BCUT2D eigenvalue weighted by Gasteiger charge is -2.07. The maximum Gasteiger partial charge on any atom is 0.158 e. The molecule has 0 aliphatic heterocycles. The average Bonchev–Trinajstić information content (AvgIpc) is 2.99. The third-order valence-electron chi connectivity index (χ3n) is 4.76. The number of aryl methyl sites for hydroxylation is 2. The summed E-state index contributed by atoms with van der Waals surface area (Å²) in [7, 11) is 1.68. The van der Waals surface area contributed by atoms with E-state index >= 15 is 0 Å². The highest BCUT2D eigenvalue weighted by molar-refractivity contribution is 7.18. The number of benzene rings is 2. The van der Waals surface area contributed by atoms with Gasteiger partial charge in [0.05, 0.1) is 18.2 Å². The zero-order valence-corrected chi connectivity index (χ0v) is 16.5. The molecule has 136 valence electrons. The number of nitrogens with zero attached hydrogens (tertiary/aromatic N) is 3. The van der Waals surface area contributed by atoms with E-state index in [0.717, 1.165) is 43.8 Å². The molecule has 1 N–H and O–H groups in total. The minimum Gasteiger partial charge on any atom is -0.497 e. The van der Waals surface area contributed by atoms with Crippen LogP contribution < -0.4 is 10.2 Å². The van der Waals surface area contributed by atoms with Gasteiger partial charge in [0.2, 0.25) is 0 Å². The van der Waals surface area contributed by atoms with Crippen LogP contribution in [-0.2, 0) is 0 Å². The van der Waals surface area contributed by atoms with Gasteiger partial charge in [-0.05, 0) is 60.9 Å². The van der Waals surface area contributed by atoms with Gasteiger partial charge in [-0.1, -0.05) is 18.2 Å². The van der Waals surface area contributed by atoms with Crippen LogP contribution in [0.25, 0.3) is 21.0 Å². The van der Waals surface area contributed by atoms with Crippen LogP contribution in [0, 0.1) is 13.8 Å². The Hall–Kier alpha value is -2.99. The fraction of sp³-hybridized carbons (Fsp3) is 0.190. The number of anilines is 1. The summed E-state index contributed by atoms with van der Waals surface area (Å²) in [6.07, 6.45) is 1.58. The van der Waals surface area contributed by atoms with Crippen LogP contribution in [0.5, 0.6) is 5.75 Å². The van der Waals surface area contributed by atoms with Gasteiger partial charge in [-0.3, -0.25) is 5.43 Å². The van der Waals surface area contributed by atoms with E-state index < -0.39 is 0 Å². The second-order valence-electron chi connectivity index (χ2n) is 6.42. The maximum atomic E-state index is 5.29. The summed E-state index contributed by atoms with van der Waals surface area (Å²) in [5.74, 6) is 1.60. The number of aromatic nitrogens is 2. The van der Waals surface area contributed by atoms with Gasteiger partial charge in [0.1, 0.15) is 16.9 Å². The van der Waals surface area contributed by atoms with Gasteiger partial charge < -0.3 is 4.74 Å². The Kier molecular flexibility index (Phi) is 4.49. The molecule has 4 rings (SSSR count). The molecular weight excluding hydrogens is 356 g/mol. The lowest BCUT2D eigenvalue weighted by molar-refractivity contribution is 0.415. The minimum absolute atomic E-state index is 0.742. The number of fused-ring (bicyclic) bond motifs is 2. The summed E-state index contributed by atoms with van der Waals surface area (Å²) in [5.41, 5.74) is 6.28. The Morgan fingerprint density at radius 3 is 2.67 bits per heavy atom. The molecule has 0 bridgehead atoms. The third-order valence-corrected chi connectivity index (χ3v) is 5.88. The van der Waals surface area contributed by atoms with Crippen LogP contribution >= 0.6 is 11.3 Å². The minimum atomic E-state index is 0.742. The number of hydrazone groups is 1. The van der Waals surface area contributed by atoms with Gasteiger partial charge in [0.25, 0.3) is 0 Å². The highest BCUT2D eigenvalue weighted by atomic mass is 32.1. The average molecular weight is 376 g/mol. The van der Waals surface area contributed by atoms with Crippen LogP contribution in [0.1, 0.15) is 22.9 Å². The molecule has 0 radical (unpaired) electrons. The zero-order valence-electron chi connectivity index (χ0n) is 15.7. The second-order valence-corrected chi connectivity index (χ2v) is 7.63. The Labute approximate surface area is 161 Å². The number of methoxy groups -OCH3 is 1. The van der Waals surface area contributed by atoms with Gasteiger partial charge in [-0.2, -0.15) is 5.10 Å². The summed E-state index contributed by atoms with van der Waals surface area (Å²) >= 11 is 1.68. The quantitative estimate of drug-likeness (QED) is 0.387. The van der Waals surface area contributed by atoms with E-state index in [4.69, 9.17) is 4.74 Å². The molecule has 27 heavy (non-hydrogen) atoms. The van der Waals surface area contributed by atoms with E-state index in [9.17, 15) is 0 Å². The first-order chi connectivity index (χ1) is 13.1. The van der Waals surface area contributed by atoms with Crippen LogP contribution in [0.15, 0.2) is 47.8 Å². The van der Waals surface area contributed by atoms with Crippen molar-refractivity contribution in [1.82, 2.24) is 9.97 Å². The Morgan fingerprint density at radius 2 is 1.85 bits per heavy atom. The SMILES string of the molecule is COc1ccc2cc(/C(C)=N\Nc3ncnc4sc(C)c(C)c34)ccc2c1. The Balaban J connectivity index is 1.66. The topological polar surface area (TPSA) is 59.4 Å². The first kappa shape index (κ1) is 17.4. The second kappa shape index (κ2) is 6.96. The molecule has 2 aromatic carbocycles. The highest BCUT2D eigenvalue weighted by Gasteiger charge is 2.11. The van der Waals surface area contributed by atoms with Crippen molar-refractivity contribution in [2.45, 2.75) is 20.8 Å². The molecule has 0 aliphatic carbocycles. The van der Waals surface area contributed by atoms with E-state index in [0.29, 0.717) is 0 Å². The van der Waals surface area contributed by atoms with E-state index in [1.54, 1.807) is 24.8 Å². The molecule has 0 saturated heterocycles. The molecule has 0 amide bonds. The first-order valence-electron chi connectivity index (χ1n) is 8.66. The lowest BCUT2D eigenvalue weighted by Crippen LogP contribution is -2.01. The number of hydrogen-bond acceptors (Lipinski definition) is 6. The molecule has 0 spiro atoms. The van der Waals surface area contributed by atoms with E-state index in [1.165, 1.54) is 10.4 Å². The molecule has 0 saturated carbocycles. The number of ether oxygens (including phenoxy) is 1. The molecule has 0 fully saturated rings. The van der Waals surface area contributed by atoms with E-state index in [-0.39, 0.29) is 0 Å². The number of thiophene rings is 1. The molecular formula is C21H20N4OS. The predicted octanol–water partition coefficient (Wildman–Crippen LogP) is 5.31. The maximum absolute atomic E-state index is 5.29. The summed E-state index contributed by atoms with van der Waals surface area (Å²) in [6.45, 7) is 6.18. The van der Waals surface area contributed by atoms with Crippen molar-refractivity contribution in [1.29, 1.82) is 0 Å². The predicted molar refractivity (Wildman–Crippen MR) is 113 cm³/mol. The lowest BCUT2D eigenvalue weighted by atomic mass is 10.0. The standard InChI is InChI=1S/C21H20N4OS/c1-12-14(3)27-21-19(12)20(22-11-23-21)25-24-13(2)15-5-6-17-10-18(26-4)8-7-16(17)9-15/h5-11H,1-4H3,(H,22,23,25)/b24-13-. The van der Waals surface area contributed by atoms with Crippen molar-refractivity contribution in [3.8, 4) is 5.75 Å². The molecule has 4 aromatic rings. The van der Waals surface area contributed by atoms with Gasteiger partial charge >= 0.3 is 0 Å². The molecule has 5 nitrogen and oxygen atoms in total. The van der Waals surface area contributed by atoms with Crippen LogP contribution in [0.2, 0.25) is 0 Å². The van der Waals surface area contributed by atoms with Crippen molar-refractivity contribution in [3.63, 3.8) is 0 Å². The van der Waals surface area contributed by atoms with Crippen molar-refractivity contribution < 1.29 is 4.74 Å². The van der Waals surface area contributed by atoms with Gasteiger partial charge in [-0.25, -0.2) is 9.97 Å². The monoisotopic (exact) mass is 376 g/mol. The van der Waals surface area contributed by atoms with E-state index in [2.05, 4.69) is 58.6 Å². The molecule has 2 heterocycles. The number of nitrogens with one attached hydrogen (secondary N) is 1. The van der Waals surface area contributed by atoms with Crippen molar-refractivity contribution in [3.05, 3.63) is 58.7 Å². The van der Waals surface area contributed by atoms with Crippen molar-refractivity contribution >= 4 is 43.9 Å². The highest BCUT2D eigenvalue weighted by Crippen LogP contribution is 2.32. The molecule has 2 aromatic heterocycles.